The molecule has 0 unspecified atom stereocenters. The van der Waals surface area contributed by atoms with Crippen LogP contribution in [-0.4, -0.2) is 12.6 Å². The number of benzene rings is 2. The molecule has 5 heteroatoms. The third-order valence-electron chi connectivity index (χ3n) is 9.18. The zero-order chi connectivity index (χ0) is 30.7. The molecule has 0 N–H and O–H groups in total. The molecule has 0 spiro atoms. The van der Waals surface area contributed by atoms with Crippen LogP contribution in [0.5, 0.6) is 11.5 Å². The van der Waals surface area contributed by atoms with E-state index in [-0.39, 0.29) is 5.75 Å². The number of hydrogen-bond donors (Lipinski definition) is 0. The van der Waals surface area contributed by atoms with Gasteiger partial charge in [0.25, 0.3) is 0 Å². The maximum absolute atomic E-state index is 14.7. The molecule has 0 aromatic heterocycles. The van der Waals surface area contributed by atoms with Crippen LogP contribution in [0.25, 0.3) is 0 Å². The zero-order valence-electron chi connectivity index (χ0n) is 26.9. The minimum atomic E-state index is -1.23. The van der Waals surface area contributed by atoms with E-state index in [1.807, 2.05) is 12.1 Å². The lowest BCUT2D eigenvalue weighted by Gasteiger charge is -2.28. The monoisotopic (exact) mass is 598 g/mol. The Labute approximate surface area is 260 Å². The number of esters is 1. The molecule has 0 radical (unpaired) electrons. The van der Waals surface area contributed by atoms with Crippen LogP contribution in [0.3, 0.4) is 0 Å². The van der Waals surface area contributed by atoms with E-state index in [0.717, 1.165) is 37.5 Å². The number of hydrogen-bond acceptors (Lipinski definition) is 3. The first-order valence-corrected chi connectivity index (χ1v) is 17.4. The molecule has 0 amide bonds. The van der Waals surface area contributed by atoms with Crippen molar-refractivity contribution < 1.29 is 23.0 Å². The van der Waals surface area contributed by atoms with Crippen molar-refractivity contribution in [2.45, 2.75) is 142 Å². The summed E-state index contributed by atoms with van der Waals surface area (Å²) in [7, 11) is 0. The van der Waals surface area contributed by atoms with Crippen LogP contribution < -0.4 is 9.47 Å². The molecule has 2 aromatic rings. The summed E-state index contributed by atoms with van der Waals surface area (Å²) >= 11 is 0. The Hall–Kier alpha value is -2.43. The predicted octanol–water partition coefficient (Wildman–Crippen LogP) is 11.8. The summed E-state index contributed by atoms with van der Waals surface area (Å²) in [5.74, 6) is -1.43. The minimum absolute atomic E-state index is 0.169. The van der Waals surface area contributed by atoms with E-state index < -0.39 is 23.2 Å². The van der Waals surface area contributed by atoms with Crippen molar-refractivity contribution in [3.05, 3.63) is 59.2 Å². The summed E-state index contributed by atoms with van der Waals surface area (Å²) in [5.41, 5.74) is 0.769. The molecule has 0 bridgehead atoms. The molecule has 240 valence electrons. The first-order valence-electron chi connectivity index (χ1n) is 17.4. The number of aryl methyl sites for hydroxylation is 1. The molecule has 0 saturated heterocycles. The van der Waals surface area contributed by atoms with Gasteiger partial charge in [-0.1, -0.05) is 135 Å². The summed E-state index contributed by atoms with van der Waals surface area (Å²) in [4.78, 5) is 12.6. The van der Waals surface area contributed by atoms with E-state index in [9.17, 15) is 13.6 Å². The highest BCUT2D eigenvalue weighted by atomic mass is 19.2. The summed E-state index contributed by atoms with van der Waals surface area (Å²) in [5, 5.41) is 0. The maximum atomic E-state index is 14.7. The van der Waals surface area contributed by atoms with Crippen molar-refractivity contribution in [3.63, 3.8) is 0 Å². The van der Waals surface area contributed by atoms with Gasteiger partial charge >= 0.3 is 5.97 Å². The molecule has 1 aliphatic carbocycles. The van der Waals surface area contributed by atoms with Gasteiger partial charge in [0, 0.05) is 0 Å². The second-order valence-corrected chi connectivity index (χ2v) is 12.7. The van der Waals surface area contributed by atoms with Crippen LogP contribution in [0, 0.1) is 23.5 Å². The van der Waals surface area contributed by atoms with Crippen LogP contribution in [0.1, 0.15) is 152 Å². The second kappa shape index (κ2) is 20.5. The van der Waals surface area contributed by atoms with Gasteiger partial charge in [-0.3, -0.25) is 0 Å². The number of halogens is 2. The quantitative estimate of drug-likeness (QED) is 0.0814. The van der Waals surface area contributed by atoms with E-state index in [1.54, 1.807) is 12.1 Å². The van der Waals surface area contributed by atoms with Crippen molar-refractivity contribution in [1.82, 2.24) is 0 Å². The van der Waals surface area contributed by atoms with E-state index in [2.05, 4.69) is 13.8 Å². The Morgan fingerprint density at radius 2 is 1.23 bits per heavy atom. The van der Waals surface area contributed by atoms with Crippen LogP contribution in [0.4, 0.5) is 8.78 Å². The number of ether oxygens (including phenoxy) is 2. The topological polar surface area (TPSA) is 35.5 Å². The SMILES string of the molecule is CCCCCCCCCCOc1ccc(C(=O)Oc2ccc(CCC3CCC(CCCCCCC)CC3)cc2)c(F)c1F. The Balaban J connectivity index is 1.35. The Kier molecular flexibility index (Phi) is 16.7. The zero-order valence-corrected chi connectivity index (χ0v) is 26.9. The molecule has 3 nitrogen and oxygen atoms in total. The number of carbonyl (C=O) groups excluding carboxylic acids is 1. The molecule has 1 aliphatic rings. The van der Waals surface area contributed by atoms with Crippen molar-refractivity contribution in [3.8, 4) is 11.5 Å². The van der Waals surface area contributed by atoms with Gasteiger partial charge in [-0.15, -0.1) is 0 Å². The van der Waals surface area contributed by atoms with Gasteiger partial charge in [-0.2, -0.15) is 4.39 Å². The molecule has 1 saturated carbocycles. The second-order valence-electron chi connectivity index (χ2n) is 12.7. The summed E-state index contributed by atoms with van der Waals surface area (Å²) in [6, 6.07) is 9.94. The molecule has 1 fully saturated rings. The maximum Gasteiger partial charge on any atom is 0.346 e. The lowest BCUT2D eigenvalue weighted by molar-refractivity contribution is 0.0728. The van der Waals surface area contributed by atoms with Gasteiger partial charge in [-0.05, 0) is 60.9 Å². The molecule has 3 rings (SSSR count). The highest BCUT2D eigenvalue weighted by molar-refractivity contribution is 5.91. The van der Waals surface area contributed by atoms with Crippen molar-refractivity contribution in [2.75, 3.05) is 6.61 Å². The van der Waals surface area contributed by atoms with Gasteiger partial charge in [0.1, 0.15) is 5.75 Å². The largest absolute Gasteiger partial charge is 0.490 e. The average molecular weight is 599 g/mol. The fourth-order valence-corrected chi connectivity index (χ4v) is 6.32. The fourth-order valence-electron chi connectivity index (χ4n) is 6.32. The molecule has 2 aromatic carbocycles. The molecular weight excluding hydrogens is 542 g/mol. The standard InChI is InChI=1S/C38H56F2O3/c1-3-5-7-9-10-11-13-15-29-42-35-28-27-34(36(39)37(35)40)38(41)43-33-25-23-32(24-26-33)22-21-31-19-17-30(18-20-31)16-14-12-8-6-4-2/h23-28,30-31H,3-22,29H2,1-2H3. The van der Waals surface area contributed by atoms with Crippen molar-refractivity contribution in [2.24, 2.45) is 11.8 Å². The predicted molar refractivity (Wildman–Crippen MR) is 173 cm³/mol. The fraction of sp³-hybridized carbons (Fsp3) is 0.658. The van der Waals surface area contributed by atoms with Crippen LogP contribution in [0.15, 0.2) is 36.4 Å². The first-order chi connectivity index (χ1) is 21.0. The van der Waals surface area contributed by atoms with Crippen molar-refractivity contribution in [1.29, 1.82) is 0 Å². The summed E-state index contributed by atoms with van der Waals surface area (Å²) in [6.45, 7) is 4.79. The number of carbonyl (C=O) groups is 1. The van der Waals surface area contributed by atoms with Gasteiger partial charge in [-0.25, -0.2) is 9.18 Å². The first kappa shape index (κ1) is 35.1. The van der Waals surface area contributed by atoms with Crippen LogP contribution in [-0.2, 0) is 6.42 Å². The van der Waals surface area contributed by atoms with E-state index in [4.69, 9.17) is 9.47 Å². The normalized spacial score (nSPS) is 16.7. The average Bonchev–Trinajstić information content (AvgIpc) is 3.02. The molecule has 43 heavy (non-hydrogen) atoms. The molecular formula is C38H56F2O3. The molecule has 0 aliphatic heterocycles. The van der Waals surface area contributed by atoms with Gasteiger partial charge in [0.05, 0.1) is 12.2 Å². The minimum Gasteiger partial charge on any atom is -0.490 e. The summed E-state index contributed by atoms with van der Waals surface area (Å²) in [6.07, 6.45) is 25.0. The third-order valence-corrected chi connectivity index (χ3v) is 9.18. The number of rotatable bonds is 21. The van der Waals surface area contributed by atoms with Gasteiger partial charge in [0.15, 0.2) is 11.6 Å². The van der Waals surface area contributed by atoms with Crippen molar-refractivity contribution >= 4 is 5.97 Å². The molecule has 0 atom stereocenters. The van der Waals surface area contributed by atoms with Crippen LogP contribution in [0.2, 0.25) is 0 Å². The number of unbranched alkanes of at least 4 members (excludes halogenated alkanes) is 11. The smallest absolute Gasteiger partial charge is 0.346 e. The van der Waals surface area contributed by atoms with Gasteiger partial charge in [0.2, 0.25) is 5.82 Å². The third kappa shape index (κ3) is 13.0. The summed E-state index contributed by atoms with van der Waals surface area (Å²) < 4.78 is 40.1. The van der Waals surface area contributed by atoms with Crippen LogP contribution >= 0.6 is 0 Å². The van der Waals surface area contributed by atoms with E-state index in [1.165, 1.54) is 120 Å². The van der Waals surface area contributed by atoms with Gasteiger partial charge < -0.3 is 9.47 Å². The Morgan fingerprint density at radius 1 is 0.674 bits per heavy atom. The Morgan fingerprint density at radius 3 is 1.86 bits per heavy atom. The Bertz CT molecular complexity index is 1040. The van der Waals surface area contributed by atoms with E-state index >= 15 is 0 Å². The lowest BCUT2D eigenvalue weighted by atomic mass is 9.78. The van der Waals surface area contributed by atoms with E-state index in [0.29, 0.717) is 12.4 Å². The molecule has 0 heterocycles. The lowest BCUT2D eigenvalue weighted by Crippen LogP contribution is -2.15. The highest BCUT2D eigenvalue weighted by Crippen LogP contribution is 2.34. The highest BCUT2D eigenvalue weighted by Gasteiger charge is 2.22.